The molecule has 2 aliphatic heterocycles. The lowest BCUT2D eigenvalue weighted by atomic mass is 9.92. The summed E-state index contributed by atoms with van der Waals surface area (Å²) in [5.41, 5.74) is 0. The fourth-order valence-electron chi connectivity index (χ4n) is 3.35. The van der Waals surface area contributed by atoms with E-state index in [1.165, 1.54) is 12.8 Å². The molecule has 1 unspecified atom stereocenters. The SMILES string of the molecule is CCSC(C(=O)N1CC[C@@H]2CNC[C@@H]2CC1)C(C)C.Cl. The average molecular weight is 321 g/mol. The minimum Gasteiger partial charge on any atom is -0.342 e. The van der Waals surface area contributed by atoms with Gasteiger partial charge >= 0.3 is 0 Å². The van der Waals surface area contributed by atoms with Crippen LogP contribution in [0.25, 0.3) is 0 Å². The van der Waals surface area contributed by atoms with E-state index in [4.69, 9.17) is 0 Å². The Morgan fingerprint density at radius 2 is 1.80 bits per heavy atom. The van der Waals surface area contributed by atoms with Crippen LogP contribution >= 0.6 is 24.2 Å². The molecule has 2 aliphatic rings. The predicted octanol–water partition coefficient (Wildman–Crippen LogP) is 2.64. The van der Waals surface area contributed by atoms with Gasteiger partial charge in [0.05, 0.1) is 5.25 Å². The molecule has 2 fully saturated rings. The molecule has 1 amide bonds. The van der Waals surface area contributed by atoms with Gasteiger partial charge in [-0.2, -0.15) is 0 Å². The largest absolute Gasteiger partial charge is 0.342 e. The number of nitrogens with one attached hydrogen (secondary N) is 1. The third-order valence-corrected chi connectivity index (χ3v) is 5.96. The van der Waals surface area contributed by atoms with Crippen LogP contribution in [0.15, 0.2) is 0 Å². The maximum absolute atomic E-state index is 12.7. The van der Waals surface area contributed by atoms with Crippen molar-refractivity contribution >= 4 is 30.1 Å². The number of carbonyl (C=O) groups excluding carboxylic acids is 1. The lowest BCUT2D eigenvalue weighted by Gasteiger charge is -2.28. The van der Waals surface area contributed by atoms with Crippen LogP contribution in [0.4, 0.5) is 0 Å². The molecule has 118 valence electrons. The summed E-state index contributed by atoms with van der Waals surface area (Å²) in [6, 6.07) is 0. The van der Waals surface area contributed by atoms with Gasteiger partial charge in [0.25, 0.3) is 0 Å². The van der Waals surface area contributed by atoms with Crippen LogP contribution < -0.4 is 5.32 Å². The summed E-state index contributed by atoms with van der Waals surface area (Å²) in [6.07, 6.45) is 2.37. The molecule has 2 saturated heterocycles. The van der Waals surface area contributed by atoms with E-state index in [1.54, 1.807) is 0 Å². The molecular weight excluding hydrogens is 292 g/mol. The van der Waals surface area contributed by atoms with Crippen molar-refractivity contribution in [1.82, 2.24) is 10.2 Å². The Labute approximate surface area is 134 Å². The van der Waals surface area contributed by atoms with Crippen molar-refractivity contribution in [3.63, 3.8) is 0 Å². The zero-order valence-corrected chi connectivity index (χ0v) is 14.6. The molecule has 3 atom stereocenters. The maximum atomic E-state index is 12.7. The first-order valence-corrected chi connectivity index (χ1v) is 8.79. The highest BCUT2D eigenvalue weighted by molar-refractivity contribution is 8.00. The van der Waals surface area contributed by atoms with Crippen LogP contribution in [0.3, 0.4) is 0 Å². The highest BCUT2D eigenvalue weighted by Crippen LogP contribution is 2.29. The lowest BCUT2D eigenvalue weighted by molar-refractivity contribution is -0.131. The molecular formula is C15H29ClN2OS. The molecule has 0 aliphatic carbocycles. The number of nitrogens with zero attached hydrogens (tertiary/aromatic N) is 1. The summed E-state index contributed by atoms with van der Waals surface area (Å²) in [4.78, 5) is 14.8. The Kier molecular flexibility index (Phi) is 7.70. The van der Waals surface area contributed by atoms with E-state index >= 15 is 0 Å². The minimum atomic E-state index is 0. The second-order valence-electron chi connectivity index (χ2n) is 6.20. The van der Waals surface area contributed by atoms with Gasteiger partial charge in [0.15, 0.2) is 0 Å². The predicted molar refractivity (Wildman–Crippen MR) is 89.7 cm³/mol. The van der Waals surface area contributed by atoms with Crippen LogP contribution in [-0.2, 0) is 4.79 Å². The zero-order chi connectivity index (χ0) is 13.8. The smallest absolute Gasteiger partial charge is 0.235 e. The molecule has 0 spiro atoms. The zero-order valence-electron chi connectivity index (χ0n) is 12.9. The maximum Gasteiger partial charge on any atom is 0.235 e. The Balaban J connectivity index is 0.00000200. The molecule has 0 bridgehead atoms. The molecule has 0 radical (unpaired) electrons. The van der Waals surface area contributed by atoms with Crippen molar-refractivity contribution in [1.29, 1.82) is 0 Å². The Hall–Kier alpha value is 0.0700. The van der Waals surface area contributed by atoms with Crippen LogP contribution in [0, 0.1) is 17.8 Å². The first kappa shape index (κ1) is 18.1. The van der Waals surface area contributed by atoms with E-state index in [-0.39, 0.29) is 17.7 Å². The molecule has 0 aromatic rings. The Morgan fingerprint density at radius 1 is 1.25 bits per heavy atom. The molecule has 0 aromatic carbocycles. The number of rotatable bonds is 4. The number of hydrogen-bond donors (Lipinski definition) is 1. The topological polar surface area (TPSA) is 32.3 Å². The third-order valence-electron chi connectivity index (χ3n) is 4.53. The Bertz CT molecular complexity index is 300. The van der Waals surface area contributed by atoms with E-state index in [9.17, 15) is 4.79 Å². The average Bonchev–Trinajstić information content (AvgIpc) is 2.74. The molecule has 0 saturated carbocycles. The number of fused-ring (bicyclic) bond motifs is 1. The van der Waals surface area contributed by atoms with Gasteiger partial charge in [-0.25, -0.2) is 0 Å². The minimum absolute atomic E-state index is 0. The summed E-state index contributed by atoms with van der Waals surface area (Å²) in [6.45, 7) is 10.7. The fraction of sp³-hybridized carbons (Fsp3) is 0.933. The number of likely N-dealkylation sites (tertiary alicyclic amines) is 1. The third kappa shape index (κ3) is 4.28. The van der Waals surface area contributed by atoms with Gasteiger partial charge in [-0.05, 0) is 49.4 Å². The Morgan fingerprint density at radius 3 is 2.25 bits per heavy atom. The van der Waals surface area contributed by atoms with Crippen LogP contribution in [0.2, 0.25) is 0 Å². The van der Waals surface area contributed by atoms with E-state index in [2.05, 4.69) is 31.0 Å². The number of hydrogen-bond acceptors (Lipinski definition) is 3. The van der Waals surface area contributed by atoms with Crippen LogP contribution in [0.1, 0.15) is 33.6 Å². The van der Waals surface area contributed by atoms with Crippen molar-refractivity contribution < 1.29 is 4.79 Å². The van der Waals surface area contributed by atoms with Crippen LogP contribution in [-0.4, -0.2) is 48.0 Å². The van der Waals surface area contributed by atoms with E-state index in [0.717, 1.165) is 43.8 Å². The second kappa shape index (κ2) is 8.50. The lowest BCUT2D eigenvalue weighted by Crippen LogP contribution is -2.41. The normalized spacial score (nSPS) is 27.7. The number of amides is 1. The highest BCUT2D eigenvalue weighted by Gasteiger charge is 2.34. The molecule has 2 rings (SSSR count). The van der Waals surface area contributed by atoms with E-state index in [1.807, 2.05) is 11.8 Å². The number of carbonyl (C=O) groups is 1. The van der Waals surface area contributed by atoms with Gasteiger partial charge in [-0.15, -0.1) is 24.2 Å². The summed E-state index contributed by atoms with van der Waals surface area (Å²) in [7, 11) is 0. The van der Waals surface area contributed by atoms with Gasteiger partial charge in [0.2, 0.25) is 5.91 Å². The first-order valence-electron chi connectivity index (χ1n) is 7.74. The van der Waals surface area contributed by atoms with Crippen molar-refractivity contribution in [2.24, 2.45) is 17.8 Å². The van der Waals surface area contributed by atoms with Crippen molar-refractivity contribution in [2.75, 3.05) is 31.9 Å². The summed E-state index contributed by atoms with van der Waals surface area (Å²) < 4.78 is 0. The van der Waals surface area contributed by atoms with Crippen molar-refractivity contribution in [3.8, 4) is 0 Å². The first-order chi connectivity index (χ1) is 9.13. The van der Waals surface area contributed by atoms with Gasteiger partial charge in [0, 0.05) is 13.1 Å². The van der Waals surface area contributed by atoms with Gasteiger partial charge in [-0.1, -0.05) is 20.8 Å². The van der Waals surface area contributed by atoms with Gasteiger partial charge < -0.3 is 10.2 Å². The number of thioether (sulfide) groups is 1. The fourth-order valence-corrected chi connectivity index (χ4v) is 4.38. The van der Waals surface area contributed by atoms with Crippen LogP contribution in [0.5, 0.6) is 0 Å². The van der Waals surface area contributed by atoms with E-state index in [0.29, 0.717) is 11.8 Å². The van der Waals surface area contributed by atoms with E-state index < -0.39 is 0 Å². The molecule has 1 N–H and O–H groups in total. The monoisotopic (exact) mass is 320 g/mol. The quantitative estimate of drug-likeness (QED) is 0.864. The summed E-state index contributed by atoms with van der Waals surface area (Å²) in [5, 5.41) is 3.64. The molecule has 0 aromatic heterocycles. The van der Waals surface area contributed by atoms with Crippen molar-refractivity contribution in [3.05, 3.63) is 0 Å². The summed E-state index contributed by atoms with van der Waals surface area (Å²) >= 11 is 1.81. The molecule has 20 heavy (non-hydrogen) atoms. The van der Waals surface area contributed by atoms with Gasteiger partial charge in [0.1, 0.15) is 0 Å². The summed E-state index contributed by atoms with van der Waals surface area (Å²) in [5.74, 6) is 3.44. The second-order valence-corrected chi connectivity index (χ2v) is 7.62. The molecule has 3 nitrogen and oxygen atoms in total. The number of halogens is 1. The molecule has 5 heteroatoms. The van der Waals surface area contributed by atoms with Gasteiger partial charge in [-0.3, -0.25) is 4.79 Å². The standard InChI is InChI=1S/C15H28N2OS.ClH/c1-4-19-14(11(2)3)15(18)17-7-5-12-9-16-10-13(12)6-8-17;/h11-14,16H,4-10H2,1-3H3;1H/t12-,13+,14?;. The molecule has 2 heterocycles. The highest BCUT2D eigenvalue weighted by atomic mass is 35.5. The van der Waals surface area contributed by atoms with Crippen molar-refractivity contribution in [2.45, 2.75) is 38.9 Å².